The van der Waals surface area contributed by atoms with Crippen LogP contribution in [0.15, 0.2) is 42.5 Å². The number of nitrogens with one attached hydrogen (secondary N) is 1. The van der Waals surface area contributed by atoms with Gasteiger partial charge >= 0.3 is 0 Å². The van der Waals surface area contributed by atoms with Crippen LogP contribution >= 0.6 is 0 Å². The Balaban J connectivity index is 1.57. The standard InChI is InChI=1S/C22H26N6O3/c1-3-27-20-9-8-16(23-22(29)17-6-4-5-7-19(17)28(30)31)14-18(20)24-21(27)15-26-12-10-25(2)11-13-26/h4-9,14H,3,10-13,15H2,1-2H3,(H,23,29). The van der Waals surface area contributed by atoms with Crippen LogP contribution in [0.5, 0.6) is 0 Å². The van der Waals surface area contributed by atoms with Gasteiger partial charge in [0, 0.05) is 44.5 Å². The van der Waals surface area contributed by atoms with Crippen molar-refractivity contribution in [2.75, 3.05) is 38.5 Å². The second-order valence-corrected chi connectivity index (χ2v) is 7.78. The molecule has 1 aromatic heterocycles. The van der Waals surface area contributed by atoms with E-state index in [1.807, 2.05) is 18.2 Å². The molecule has 0 bridgehead atoms. The minimum atomic E-state index is -0.550. The van der Waals surface area contributed by atoms with Crippen LogP contribution in [0, 0.1) is 10.1 Å². The lowest BCUT2D eigenvalue weighted by Crippen LogP contribution is -2.44. The van der Waals surface area contributed by atoms with Gasteiger partial charge in [-0.05, 0) is 38.2 Å². The molecule has 1 N–H and O–H groups in total. The van der Waals surface area contributed by atoms with Crippen LogP contribution < -0.4 is 5.32 Å². The Morgan fingerprint density at radius 1 is 1.16 bits per heavy atom. The molecule has 4 rings (SSSR count). The number of carbonyl (C=O) groups is 1. The molecule has 9 nitrogen and oxygen atoms in total. The van der Waals surface area contributed by atoms with Crippen molar-refractivity contribution in [1.29, 1.82) is 0 Å². The highest BCUT2D eigenvalue weighted by molar-refractivity contribution is 6.07. The molecule has 2 aromatic carbocycles. The monoisotopic (exact) mass is 422 g/mol. The molecule has 0 spiro atoms. The Hall–Kier alpha value is -3.30. The van der Waals surface area contributed by atoms with Gasteiger partial charge in [0.1, 0.15) is 11.4 Å². The molecule has 0 radical (unpaired) electrons. The van der Waals surface area contributed by atoms with Gasteiger partial charge in [-0.3, -0.25) is 19.8 Å². The van der Waals surface area contributed by atoms with E-state index in [0.717, 1.165) is 56.1 Å². The lowest BCUT2D eigenvalue weighted by Gasteiger charge is -2.32. The van der Waals surface area contributed by atoms with Crippen molar-refractivity contribution in [3.63, 3.8) is 0 Å². The first kappa shape index (κ1) is 21.0. The number of amides is 1. The largest absolute Gasteiger partial charge is 0.327 e. The van der Waals surface area contributed by atoms with Gasteiger partial charge in [0.05, 0.1) is 22.5 Å². The lowest BCUT2D eigenvalue weighted by atomic mass is 10.1. The Bertz CT molecular complexity index is 1120. The highest BCUT2D eigenvalue weighted by Gasteiger charge is 2.21. The summed E-state index contributed by atoms with van der Waals surface area (Å²) < 4.78 is 2.20. The molecule has 9 heteroatoms. The van der Waals surface area contributed by atoms with E-state index in [1.54, 1.807) is 12.1 Å². The average molecular weight is 422 g/mol. The minimum Gasteiger partial charge on any atom is -0.327 e. The quantitative estimate of drug-likeness (QED) is 0.485. The normalized spacial score (nSPS) is 15.3. The number of aromatic nitrogens is 2. The molecule has 1 saturated heterocycles. The molecule has 0 atom stereocenters. The average Bonchev–Trinajstić information content (AvgIpc) is 3.11. The molecular formula is C22H26N6O3. The summed E-state index contributed by atoms with van der Waals surface area (Å²) in [6.07, 6.45) is 0. The van der Waals surface area contributed by atoms with Crippen molar-refractivity contribution in [2.45, 2.75) is 20.0 Å². The van der Waals surface area contributed by atoms with E-state index in [9.17, 15) is 14.9 Å². The van der Waals surface area contributed by atoms with Crippen LogP contribution in [0.3, 0.4) is 0 Å². The molecule has 31 heavy (non-hydrogen) atoms. The number of imidazole rings is 1. The maximum absolute atomic E-state index is 12.6. The maximum Gasteiger partial charge on any atom is 0.282 e. The summed E-state index contributed by atoms with van der Waals surface area (Å²) in [6, 6.07) is 11.5. The predicted octanol–water partition coefficient (Wildman–Crippen LogP) is 2.96. The molecule has 1 aliphatic heterocycles. The molecular weight excluding hydrogens is 396 g/mol. The van der Waals surface area contributed by atoms with Gasteiger partial charge in [-0.1, -0.05) is 12.1 Å². The second kappa shape index (κ2) is 8.83. The molecule has 0 unspecified atom stereocenters. The van der Waals surface area contributed by atoms with Crippen LogP contribution in [0.1, 0.15) is 23.1 Å². The number of fused-ring (bicyclic) bond motifs is 1. The summed E-state index contributed by atoms with van der Waals surface area (Å²) in [6.45, 7) is 7.82. The van der Waals surface area contributed by atoms with E-state index < -0.39 is 10.8 Å². The van der Waals surface area contributed by atoms with E-state index >= 15 is 0 Å². The molecule has 1 fully saturated rings. The zero-order valence-corrected chi connectivity index (χ0v) is 17.7. The van der Waals surface area contributed by atoms with Gasteiger partial charge in [0.15, 0.2) is 0 Å². The molecule has 1 amide bonds. The number of nitrogens with zero attached hydrogens (tertiary/aromatic N) is 5. The number of aryl methyl sites for hydroxylation is 1. The van der Waals surface area contributed by atoms with Crippen molar-refractivity contribution in [3.05, 3.63) is 64.0 Å². The van der Waals surface area contributed by atoms with E-state index in [4.69, 9.17) is 4.98 Å². The summed E-state index contributed by atoms with van der Waals surface area (Å²) >= 11 is 0. The van der Waals surface area contributed by atoms with Gasteiger partial charge in [-0.25, -0.2) is 4.98 Å². The van der Waals surface area contributed by atoms with Crippen molar-refractivity contribution in [1.82, 2.24) is 19.4 Å². The van der Waals surface area contributed by atoms with Crippen LogP contribution in [0.25, 0.3) is 11.0 Å². The van der Waals surface area contributed by atoms with Crippen molar-refractivity contribution in [2.24, 2.45) is 0 Å². The van der Waals surface area contributed by atoms with Crippen molar-refractivity contribution >= 4 is 28.3 Å². The van der Waals surface area contributed by atoms with Crippen LogP contribution in [-0.2, 0) is 13.1 Å². The van der Waals surface area contributed by atoms with Crippen LogP contribution in [-0.4, -0.2) is 63.4 Å². The Kier molecular flexibility index (Phi) is 5.97. The first-order chi connectivity index (χ1) is 15.0. The van der Waals surface area contributed by atoms with Gasteiger partial charge < -0.3 is 14.8 Å². The predicted molar refractivity (Wildman–Crippen MR) is 119 cm³/mol. The fourth-order valence-corrected chi connectivity index (χ4v) is 3.96. The smallest absolute Gasteiger partial charge is 0.282 e. The number of nitro groups is 1. The first-order valence-electron chi connectivity index (χ1n) is 10.4. The van der Waals surface area contributed by atoms with Gasteiger partial charge in [-0.2, -0.15) is 0 Å². The number of piperazine rings is 1. The summed E-state index contributed by atoms with van der Waals surface area (Å²) in [5.74, 6) is 0.489. The van der Waals surface area contributed by atoms with E-state index in [2.05, 4.69) is 33.7 Å². The number of rotatable bonds is 6. The number of anilines is 1. The zero-order chi connectivity index (χ0) is 22.0. The second-order valence-electron chi connectivity index (χ2n) is 7.78. The SMILES string of the molecule is CCn1c(CN2CCN(C)CC2)nc2cc(NC(=O)c3ccccc3[N+](=O)[O-])ccc21. The Morgan fingerprint density at radius 2 is 1.90 bits per heavy atom. The topological polar surface area (TPSA) is 96.5 Å². The Labute approximate surface area is 180 Å². The number of benzene rings is 2. The highest BCUT2D eigenvalue weighted by Crippen LogP contribution is 2.24. The zero-order valence-electron chi connectivity index (χ0n) is 17.7. The van der Waals surface area contributed by atoms with Crippen LogP contribution in [0.4, 0.5) is 11.4 Å². The van der Waals surface area contributed by atoms with Crippen molar-refractivity contribution < 1.29 is 9.72 Å². The minimum absolute atomic E-state index is 0.0300. The van der Waals surface area contributed by atoms with E-state index in [1.165, 1.54) is 12.1 Å². The number of likely N-dealkylation sites (N-methyl/N-ethyl adjacent to an activating group) is 1. The van der Waals surface area contributed by atoms with Gasteiger partial charge in [0.2, 0.25) is 0 Å². The third kappa shape index (κ3) is 4.42. The van der Waals surface area contributed by atoms with E-state index in [-0.39, 0.29) is 11.3 Å². The molecule has 1 aliphatic rings. The number of para-hydroxylation sites is 1. The highest BCUT2D eigenvalue weighted by atomic mass is 16.6. The summed E-state index contributed by atoms with van der Waals surface area (Å²) in [7, 11) is 2.14. The molecule has 0 aliphatic carbocycles. The summed E-state index contributed by atoms with van der Waals surface area (Å²) in [5.41, 5.74) is 2.18. The van der Waals surface area contributed by atoms with Gasteiger partial charge in [0.25, 0.3) is 11.6 Å². The molecule has 0 saturated carbocycles. The third-order valence-electron chi connectivity index (χ3n) is 5.71. The summed E-state index contributed by atoms with van der Waals surface area (Å²) in [4.78, 5) is 32.9. The van der Waals surface area contributed by atoms with E-state index in [0.29, 0.717) is 5.69 Å². The number of hydrogen-bond acceptors (Lipinski definition) is 6. The maximum atomic E-state index is 12.6. The van der Waals surface area contributed by atoms with Gasteiger partial charge in [-0.15, -0.1) is 0 Å². The molecule has 162 valence electrons. The lowest BCUT2D eigenvalue weighted by molar-refractivity contribution is -0.385. The first-order valence-corrected chi connectivity index (χ1v) is 10.4. The van der Waals surface area contributed by atoms with Crippen molar-refractivity contribution in [3.8, 4) is 0 Å². The number of nitro benzene ring substituents is 1. The summed E-state index contributed by atoms with van der Waals surface area (Å²) in [5, 5.41) is 14.0. The molecule has 3 aromatic rings. The fourth-order valence-electron chi connectivity index (χ4n) is 3.96. The fraction of sp³-hybridized carbons (Fsp3) is 0.364. The Morgan fingerprint density at radius 3 is 2.61 bits per heavy atom. The number of hydrogen-bond donors (Lipinski definition) is 1. The third-order valence-corrected chi connectivity index (χ3v) is 5.71. The van der Waals surface area contributed by atoms with Crippen LogP contribution in [0.2, 0.25) is 0 Å². The molecule has 2 heterocycles. The number of carbonyl (C=O) groups excluding carboxylic acids is 1.